The lowest BCUT2D eigenvalue weighted by molar-refractivity contribution is -0.138. The third kappa shape index (κ3) is 3.06. The summed E-state index contributed by atoms with van der Waals surface area (Å²) >= 11 is 0. The fourth-order valence-corrected chi connectivity index (χ4v) is 3.01. The Morgan fingerprint density at radius 3 is 2.29 bits per heavy atom. The highest BCUT2D eigenvalue weighted by molar-refractivity contribution is 5.82. The molecule has 3 nitrogen and oxygen atoms in total. The van der Waals surface area contributed by atoms with E-state index >= 15 is 0 Å². The van der Waals surface area contributed by atoms with Crippen molar-refractivity contribution in [1.82, 2.24) is 4.98 Å². The van der Waals surface area contributed by atoms with E-state index < -0.39 is 11.9 Å². The number of carbonyl (C=O) groups is 1. The average Bonchev–Trinajstić information content (AvgIpc) is 2.62. The van der Waals surface area contributed by atoms with E-state index in [4.69, 9.17) is 0 Å². The fraction of sp³-hybridized carbons (Fsp3) is 0.143. The Bertz CT molecular complexity index is 855. The Labute approximate surface area is 141 Å². The van der Waals surface area contributed by atoms with Crippen LogP contribution in [-0.4, -0.2) is 16.1 Å². The smallest absolute Gasteiger partial charge is 0.310 e. The quantitative estimate of drug-likeness (QED) is 0.743. The summed E-state index contributed by atoms with van der Waals surface area (Å²) in [4.78, 5) is 15.6. The van der Waals surface area contributed by atoms with E-state index in [1.54, 1.807) is 13.1 Å². The molecule has 0 bridgehead atoms. The third-order valence-electron chi connectivity index (χ3n) is 4.32. The minimum absolute atomic E-state index is 0.542. The predicted octanol–water partition coefficient (Wildman–Crippen LogP) is 4.91. The van der Waals surface area contributed by atoms with E-state index in [-0.39, 0.29) is 0 Å². The zero-order valence-electron chi connectivity index (χ0n) is 13.7. The third-order valence-corrected chi connectivity index (χ3v) is 4.32. The molecule has 3 aromatic rings. The van der Waals surface area contributed by atoms with Gasteiger partial charge in [0.25, 0.3) is 0 Å². The zero-order valence-corrected chi connectivity index (χ0v) is 13.7. The molecule has 1 heterocycles. The maximum atomic E-state index is 11.5. The molecule has 120 valence electrons. The van der Waals surface area contributed by atoms with Crippen LogP contribution in [0.5, 0.6) is 0 Å². The number of carboxylic acids is 1. The number of aromatic nitrogens is 1. The van der Waals surface area contributed by atoms with Gasteiger partial charge >= 0.3 is 5.97 Å². The van der Waals surface area contributed by atoms with Gasteiger partial charge in [-0.25, -0.2) is 0 Å². The first-order chi connectivity index (χ1) is 11.6. The molecule has 1 atom stereocenters. The van der Waals surface area contributed by atoms with Crippen molar-refractivity contribution in [1.29, 1.82) is 0 Å². The fourth-order valence-electron chi connectivity index (χ4n) is 3.01. The summed E-state index contributed by atoms with van der Waals surface area (Å²) in [6.45, 7) is 3.69. The standard InChI is InChI=1S/C21H19NO2/c1-14-5-3-7-19(20(14)15(2)21(23)24)17-10-8-16(9-11-17)18-6-4-12-22-13-18/h3-13,15H,1-2H3,(H,23,24). The molecular weight excluding hydrogens is 298 g/mol. The monoisotopic (exact) mass is 317 g/mol. The number of hydrogen-bond donors (Lipinski definition) is 1. The molecule has 1 N–H and O–H groups in total. The van der Waals surface area contributed by atoms with Crippen LogP contribution in [0.15, 0.2) is 67.0 Å². The Morgan fingerprint density at radius 2 is 1.67 bits per heavy atom. The van der Waals surface area contributed by atoms with Crippen molar-refractivity contribution in [2.75, 3.05) is 0 Å². The van der Waals surface area contributed by atoms with Gasteiger partial charge in [-0.05, 0) is 53.3 Å². The minimum atomic E-state index is -0.808. The summed E-state index contributed by atoms with van der Waals surface area (Å²) in [5, 5.41) is 9.42. The van der Waals surface area contributed by atoms with Crippen molar-refractivity contribution in [3.8, 4) is 22.3 Å². The summed E-state index contributed by atoms with van der Waals surface area (Å²) in [6.07, 6.45) is 3.59. The van der Waals surface area contributed by atoms with Gasteiger partial charge in [0.1, 0.15) is 0 Å². The molecule has 1 unspecified atom stereocenters. The maximum Gasteiger partial charge on any atom is 0.310 e. The second-order valence-electron chi connectivity index (χ2n) is 5.92. The lowest BCUT2D eigenvalue weighted by Crippen LogP contribution is -2.10. The van der Waals surface area contributed by atoms with Crippen LogP contribution in [0.1, 0.15) is 24.0 Å². The van der Waals surface area contributed by atoms with Crippen LogP contribution in [0.4, 0.5) is 0 Å². The lowest BCUT2D eigenvalue weighted by Gasteiger charge is -2.16. The number of aliphatic carboxylic acids is 1. The van der Waals surface area contributed by atoms with Gasteiger partial charge in [-0.2, -0.15) is 0 Å². The summed E-state index contributed by atoms with van der Waals surface area (Å²) in [7, 11) is 0. The van der Waals surface area contributed by atoms with Crippen molar-refractivity contribution < 1.29 is 9.90 Å². The number of carboxylic acid groups (broad SMARTS) is 1. The van der Waals surface area contributed by atoms with Crippen LogP contribution < -0.4 is 0 Å². The number of rotatable bonds is 4. The van der Waals surface area contributed by atoms with Gasteiger partial charge in [0.15, 0.2) is 0 Å². The number of benzene rings is 2. The zero-order chi connectivity index (χ0) is 17.1. The van der Waals surface area contributed by atoms with Crippen LogP contribution in [0.2, 0.25) is 0 Å². The number of aryl methyl sites for hydroxylation is 1. The highest BCUT2D eigenvalue weighted by Crippen LogP contribution is 2.33. The van der Waals surface area contributed by atoms with E-state index in [0.717, 1.165) is 33.4 Å². The molecule has 0 aliphatic carbocycles. The van der Waals surface area contributed by atoms with Crippen LogP contribution in [0.25, 0.3) is 22.3 Å². The molecule has 0 amide bonds. The number of nitrogens with zero attached hydrogens (tertiary/aromatic N) is 1. The largest absolute Gasteiger partial charge is 0.481 e. The molecule has 24 heavy (non-hydrogen) atoms. The predicted molar refractivity (Wildman–Crippen MR) is 95.9 cm³/mol. The van der Waals surface area contributed by atoms with Crippen LogP contribution in [0.3, 0.4) is 0 Å². The Kier molecular flexibility index (Phi) is 4.43. The van der Waals surface area contributed by atoms with Crippen molar-refractivity contribution >= 4 is 5.97 Å². The minimum Gasteiger partial charge on any atom is -0.481 e. The molecule has 3 rings (SSSR count). The first kappa shape index (κ1) is 15.9. The SMILES string of the molecule is Cc1cccc(-c2ccc(-c3cccnc3)cc2)c1C(C)C(=O)O. The first-order valence-corrected chi connectivity index (χ1v) is 7.91. The van der Waals surface area contributed by atoms with Gasteiger partial charge in [0.05, 0.1) is 5.92 Å². The molecule has 0 radical (unpaired) electrons. The van der Waals surface area contributed by atoms with Gasteiger partial charge in [-0.3, -0.25) is 9.78 Å². The lowest BCUT2D eigenvalue weighted by atomic mass is 9.88. The van der Waals surface area contributed by atoms with Crippen molar-refractivity contribution in [3.05, 3.63) is 78.1 Å². The van der Waals surface area contributed by atoms with Crippen LogP contribution in [0, 0.1) is 6.92 Å². The second-order valence-corrected chi connectivity index (χ2v) is 5.92. The number of hydrogen-bond acceptors (Lipinski definition) is 2. The van der Waals surface area contributed by atoms with Gasteiger partial charge in [0.2, 0.25) is 0 Å². The van der Waals surface area contributed by atoms with E-state index in [1.807, 2.05) is 67.7 Å². The molecule has 0 spiro atoms. The van der Waals surface area contributed by atoms with E-state index in [9.17, 15) is 9.90 Å². The molecule has 0 aliphatic rings. The highest BCUT2D eigenvalue weighted by atomic mass is 16.4. The van der Waals surface area contributed by atoms with Crippen LogP contribution >= 0.6 is 0 Å². The van der Waals surface area contributed by atoms with Gasteiger partial charge < -0.3 is 5.11 Å². The van der Waals surface area contributed by atoms with Crippen LogP contribution in [-0.2, 0) is 4.79 Å². The molecule has 1 aromatic heterocycles. The Hall–Kier alpha value is -2.94. The van der Waals surface area contributed by atoms with Gasteiger partial charge in [0, 0.05) is 12.4 Å². The topological polar surface area (TPSA) is 50.2 Å². The summed E-state index contributed by atoms with van der Waals surface area (Å²) < 4.78 is 0. The maximum absolute atomic E-state index is 11.5. The first-order valence-electron chi connectivity index (χ1n) is 7.91. The molecule has 2 aromatic carbocycles. The van der Waals surface area contributed by atoms with Gasteiger partial charge in [-0.1, -0.05) is 48.5 Å². The molecule has 0 fully saturated rings. The Balaban J connectivity index is 2.04. The molecule has 3 heteroatoms. The van der Waals surface area contributed by atoms with Gasteiger partial charge in [-0.15, -0.1) is 0 Å². The van der Waals surface area contributed by atoms with Crippen molar-refractivity contribution in [2.45, 2.75) is 19.8 Å². The number of pyridine rings is 1. The van der Waals surface area contributed by atoms with E-state index in [2.05, 4.69) is 4.98 Å². The van der Waals surface area contributed by atoms with E-state index in [0.29, 0.717) is 0 Å². The molecular formula is C21H19NO2. The Morgan fingerprint density at radius 1 is 0.958 bits per heavy atom. The summed E-state index contributed by atoms with van der Waals surface area (Å²) in [5.74, 6) is -1.35. The average molecular weight is 317 g/mol. The van der Waals surface area contributed by atoms with Crippen molar-refractivity contribution in [2.24, 2.45) is 0 Å². The van der Waals surface area contributed by atoms with Crippen molar-refractivity contribution in [3.63, 3.8) is 0 Å². The summed E-state index contributed by atoms with van der Waals surface area (Å²) in [5.41, 5.74) is 6.02. The molecule has 0 aliphatic heterocycles. The molecule has 0 saturated carbocycles. The normalized spacial score (nSPS) is 11.9. The molecule has 0 saturated heterocycles. The van der Waals surface area contributed by atoms with E-state index in [1.165, 1.54) is 0 Å². The highest BCUT2D eigenvalue weighted by Gasteiger charge is 2.20. The summed E-state index contributed by atoms with van der Waals surface area (Å²) in [6, 6.07) is 18.0. The second kappa shape index (κ2) is 6.67.